The highest BCUT2D eigenvalue weighted by Gasteiger charge is 2.01. The predicted octanol–water partition coefficient (Wildman–Crippen LogP) is 3.60. The summed E-state index contributed by atoms with van der Waals surface area (Å²) in [5.74, 6) is 0.925. The Morgan fingerprint density at radius 2 is 1.80 bits per heavy atom. The maximum absolute atomic E-state index is 11.2. The first kappa shape index (κ1) is 14.8. The van der Waals surface area contributed by atoms with Gasteiger partial charge >= 0.3 is 5.97 Å². The molecule has 0 aromatic rings. The molecule has 0 atom stereocenters. The third-order valence-electron chi connectivity index (χ3n) is 2.30. The minimum absolute atomic E-state index is 0.0300. The zero-order chi connectivity index (χ0) is 11.4. The first-order valence-electron chi connectivity index (χ1n) is 6.07. The molecule has 0 saturated heterocycles. The Morgan fingerprint density at radius 3 is 2.47 bits per heavy atom. The van der Waals surface area contributed by atoms with Crippen LogP contribution in [0.1, 0.15) is 58.3 Å². The van der Waals surface area contributed by atoms with Gasteiger partial charge in [-0.2, -0.15) is 12.6 Å². The normalized spacial score (nSPS) is 10.3. The van der Waals surface area contributed by atoms with Gasteiger partial charge in [-0.05, 0) is 25.0 Å². The van der Waals surface area contributed by atoms with Crippen molar-refractivity contribution in [2.24, 2.45) is 0 Å². The van der Waals surface area contributed by atoms with Crippen molar-refractivity contribution < 1.29 is 9.53 Å². The fourth-order valence-corrected chi connectivity index (χ4v) is 1.57. The van der Waals surface area contributed by atoms with E-state index in [0.29, 0.717) is 13.0 Å². The van der Waals surface area contributed by atoms with E-state index in [-0.39, 0.29) is 5.97 Å². The number of carbonyl (C=O) groups is 1. The number of hydrogen-bond acceptors (Lipinski definition) is 3. The lowest BCUT2D eigenvalue weighted by Crippen LogP contribution is -2.05. The summed E-state index contributed by atoms with van der Waals surface area (Å²) in [7, 11) is 0. The van der Waals surface area contributed by atoms with Crippen LogP contribution in [-0.4, -0.2) is 18.3 Å². The summed E-state index contributed by atoms with van der Waals surface area (Å²) in [6.07, 6.45) is 8.31. The second kappa shape index (κ2) is 11.9. The molecule has 0 rings (SSSR count). The van der Waals surface area contributed by atoms with Crippen molar-refractivity contribution in [1.29, 1.82) is 0 Å². The van der Waals surface area contributed by atoms with E-state index in [9.17, 15) is 4.79 Å². The van der Waals surface area contributed by atoms with E-state index in [1.165, 1.54) is 6.42 Å². The molecule has 0 N–H and O–H groups in total. The van der Waals surface area contributed by atoms with Crippen molar-refractivity contribution in [1.82, 2.24) is 0 Å². The van der Waals surface area contributed by atoms with E-state index in [1.807, 2.05) is 0 Å². The van der Waals surface area contributed by atoms with E-state index in [2.05, 4.69) is 19.6 Å². The monoisotopic (exact) mass is 232 g/mol. The third-order valence-corrected chi connectivity index (χ3v) is 2.62. The van der Waals surface area contributed by atoms with Crippen LogP contribution in [-0.2, 0) is 9.53 Å². The van der Waals surface area contributed by atoms with Crippen LogP contribution >= 0.6 is 12.6 Å². The highest BCUT2D eigenvalue weighted by atomic mass is 32.1. The van der Waals surface area contributed by atoms with Gasteiger partial charge in [-0.15, -0.1) is 0 Å². The Hall–Kier alpha value is -0.180. The van der Waals surface area contributed by atoms with Gasteiger partial charge in [-0.25, -0.2) is 0 Å². The van der Waals surface area contributed by atoms with Crippen molar-refractivity contribution in [3.05, 3.63) is 0 Å². The fraction of sp³-hybridized carbons (Fsp3) is 0.917. The van der Waals surface area contributed by atoms with Crippen molar-refractivity contribution in [2.45, 2.75) is 58.3 Å². The van der Waals surface area contributed by atoms with Crippen LogP contribution < -0.4 is 0 Å². The molecule has 2 nitrogen and oxygen atoms in total. The Balaban J connectivity index is 3.10. The summed E-state index contributed by atoms with van der Waals surface area (Å²) in [5, 5.41) is 0. The van der Waals surface area contributed by atoms with Crippen LogP contribution in [0.4, 0.5) is 0 Å². The molecule has 0 fully saturated rings. The largest absolute Gasteiger partial charge is 0.466 e. The summed E-state index contributed by atoms with van der Waals surface area (Å²) in [6, 6.07) is 0. The van der Waals surface area contributed by atoms with Crippen molar-refractivity contribution in [3.63, 3.8) is 0 Å². The second-order valence-electron chi connectivity index (χ2n) is 3.82. The molecular formula is C12H24O2S. The summed E-state index contributed by atoms with van der Waals surface area (Å²) < 4.78 is 5.11. The van der Waals surface area contributed by atoms with Gasteiger partial charge in [-0.1, -0.05) is 32.6 Å². The maximum Gasteiger partial charge on any atom is 0.305 e. The molecule has 0 aromatic heterocycles. The van der Waals surface area contributed by atoms with Gasteiger partial charge in [0.05, 0.1) is 6.61 Å². The molecule has 0 aliphatic rings. The van der Waals surface area contributed by atoms with Crippen LogP contribution in [0.15, 0.2) is 0 Å². The molecule has 0 aromatic carbocycles. The Bertz CT molecular complexity index is 149. The van der Waals surface area contributed by atoms with Crippen molar-refractivity contribution in [3.8, 4) is 0 Å². The topological polar surface area (TPSA) is 26.3 Å². The predicted molar refractivity (Wildman–Crippen MR) is 67.4 cm³/mol. The molecule has 0 bridgehead atoms. The van der Waals surface area contributed by atoms with Gasteiger partial charge in [0.2, 0.25) is 0 Å². The van der Waals surface area contributed by atoms with E-state index < -0.39 is 0 Å². The van der Waals surface area contributed by atoms with Gasteiger partial charge < -0.3 is 4.74 Å². The van der Waals surface area contributed by atoms with E-state index in [0.717, 1.165) is 44.3 Å². The lowest BCUT2D eigenvalue weighted by molar-refractivity contribution is -0.143. The van der Waals surface area contributed by atoms with Gasteiger partial charge in [0.1, 0.15) is 0 Å². The summed E-state index contributed by atoms with van der Waals surface area (Å²) in [6.45, 7) is 2.73. The number of rotatable bonds is 10. The van der Waals surface area contributed by atoms with Crippen LogP contribution in [0.5, 0.6) is 0 Å². The fourth-order valence-electron chi connectivity index (χ4n) is 1.34. The number of esters is 1. The van der Waals surface area contributed by atoms with Gasteiger partial charge in [-0.3, -0.25) is 4.79 Å². The first-order chi connectivity index (χ1) is 7.31. The smallest absolute Gasteiger partial charge is 0.305 e. The van der Waals surface area contributed by atoms with E-state index >= 15 is 0 Å². The van der Waals surface area contributed by atoms with Crippen molar-refractivity contribution >= 4 is 18.6 Å². The zero-order valence-electron chi connectivity index (χ0n) is 9.83. The standard InChI is InChI=1S/C12H24O2S/c1-2-3-6-9-12(13)14-10-7-4-5-8-11-15/h15H,2-11H2,1H3. The number of ether oxygens (including phenoxy) is 1. The highest BCUT2D eigenvalue weighted by Crippen LogP contribution is 2.03. The molecule has 90 valence electrons. The highest BCUT2D eigenvalue weighted by molar-refractivity contribution is 7.80. The van der Waals surface area contributed by atoms with Gasteiger partial charge in [0.25, 0.3) is 0 Å². The molecule has 0 heterocycles. The lowest BCUT2D eigenvalue weighted by atomic mass is 10.2. The first-order valence-corrected chi connectivity index (χ1v) is 6.71. The molecule has 0 radical (unpaired) electrons. The molecule has 0 saturated carbocycles. The molecule has 3 heteroatoms. The van der Waals surface area contributed by atoms with Crippen LogP contribution in [0.2, 0.25) is 0 Å². The van der Waals surface area contributed by atoms with E-state index in [1.54, 1.807) is 0 Å². The van der Waals surface area contributed by atoms with Crippen LogP contribution in [0.3, 0.4) is 0 Å². The summed E-state index contributed by atoms with van der Waals surface area (Å²) >= 11 is 4.14. The quantitative estimate of drug-likeness (QED) is 0.354. The third kappa shape index (κ3) is 11.7. The zero-order valence-corrected chi connectivity index (χ0v) is 10.7. The average molecular weight is 232 g/mol. The maximum atomic E-state index is 11.2. The molecule has 0 amide bonds. The lowest BCUT2D eigenvalue weighted by Gasteiger charge is -2.04. The minimum Gasteiger partial charge on any atom is -0.466 e. The van der Waals surface area contributed by atoms with Crippen molar-refractivity contribution in [2.75, 3.05) is 12.4 Å². The second-order valence-corrected chi connectivity index (χ2v) is 4.26. The molecule has 0 spiro atoms. The molecule has 0 aliphatic heterocycles. The molecule has 0 aliphatic carbocycles. The number of unbranched alkanes of at least 4 members (excludes halogenated alkanes) is 5. The Morgan fingerprint density at radius 1 is 1.07 bits per heavy atom. The molecule has 0 unspecified atom stereocenters. The SMILES string of the molecule is CCCCCC(=O)OCCCCCCS. The number of thiol groups is 1. The average Bonchev–Trinajstić information content (AvgIpc) is 2.23. The summed E-state index contributed by atoms with van der Waals surface area (Å²) in [4.78, 5) is 11.2. The van der Waals surface area contributed by atoms with Gasteiger partial charge in [0, 0.05) is 6.42 Å². The molecular weight excluding hydrogens is 208 g/mol. The Labute approximate surface area is 99.2 Å². The van der Waals surface area contributed by atoms with E-state index in [4.69, 9.17) is 4.74 Å². The molecule has 15 heavy (non-hydrogen) atoms. The summed E-state index contributed by atoms with van der Waals surface area (Å²) in [5.41, 5.74) is 0. The van der Waals surface area contributed by atoms with Crippen LogP contribution in [0.25, 0.3) is 0 Å². The number of hydrogen-bond donors (Lipinski definition) is 1. The van der Waals surface area contributed by atoms with Crippen LogP contribution in [0, 0.1) is 0 Å². The van der Waals surface area contributed by atoms with Gasteiger partial charge in [0.15, 0.2) is 0 Å². The minimum atomic E-state index is -0.0300. The number of carbonyl (C=O) groups excluding carboxylic acids is 1. The Kier molecular flexibility index (Phi) is 11.7.